The van der Waals surface area contributed by atoms with Crippen molar-refractivity contribution in [2.24, 2.45) is 0 Å². The molecule has 0 spiro atoms. The van der Waals surface area contributed by atoms with Crippen molar-refractivity contribution in [3.8, 4) is 0 Å². The van der Waals surface area contributed by atoms with E-state index < -0.39 is 0 Å². The molecule has 0 unspecified atom stereocenters. The van der Waals surface area contributed by atoms with Gasteiger partial charge in [-0.3, -0.25) is 4.90 Å². The molecule has 0 radical (unpaired) electrons. The summed E-state index contributed by atoms with van der Waals surface area (Å²) >= 11 is 1.87. The molecule has 1 aliphatic rings. The molecule has 1 aliphatic heterocycles. The predicted molar refractivity (Wildman–Crippen MR) is 74.7 cm³/mol. The number of benzene rings is 1. The molecule has 1 fully saturated rings. The molecule has 2 aromatic rings. The van der Waals surface area contributed by atoms with Crippen molar-refractivity contribution in [2.45, 2.75) is 13.5 Å². The zero-order chi connectivity index (χ0) is 11.7. The minimum Gasteiger partial charge on any atom is -0.314 e. The van der Waals surface area contributed by atoms with Crippen molar-refractivity contribution in [1.82, 2.24) is 10.2 Å². The number of hydrogen-bond acceptors (Lipinski definition) is 3. The number of thiophene rings is 1. The summed E-state index contributed by atoms with van der Waals surface area (Å²) in [7, 11) is 0. The average molecular weight is 246 g/mol. The van der Waals surface area contributed by atoms with Crippen LogP contribution in [0.3, 0.4) is 0 Å². The molecular weight excluding hydrogens is 228 g/mol. The molecule has 3 rings (SSSR count). The third kappa shape index (κ3) is 2.23. The quantitative estimate of drug-likeness (QED) is 0.876. The van der Waals surface area contributed by atoms with E-state index in [4.69, 9.17) is 0 Å². The summed E-state index contributed by atoms with van der Waals surface area (Å²) in [6.45, 7) is 7.91. The topological polar surface area (TPSA) is 15.3 Å². The predicted octanol–water partition coefficient (Wildman–Crippen LogP) is 2.61. The molecule has 0 aliphatic carbocycles. The normalized spacial score (nSPS) is 17.7. The van der Waals surface area contributed by atoms with Gasteiger partial charge in [-0.05, 0) is 34.9 Å². The molecule has 0 bridgehead atoms. The Labute approximate surface area is 106 Å². The van der Waals surface area contributed by atoms with Crippen LogP contribution in [-0.2, 0) is 6.54 Å². The van der Waals surface area contributed by atoms with Gasteiger partial charge in [0.15, 0.2) is 0 Å². The molecule has 1 saturated heterocycles. The van der Waals surface area contributed by atoms with Gasteiger partial charge in [0.1, 0.15) is 0 Å². The first-order chi connectivity index (χ1) is 8.34. The monoisotopic (exact) mass is 246 g/mol. The van der Waals surface area contributed by atoms with E-state index in [2.05, 4.69) is 40.7 Å². The Hall–Kier alpha value is -0.900. The van der Waals surface area contributed by atoms with E-state index in [1.165, 1.54) is 34.3 Å². The fourth-order valence-electron chi connectivity index (χ4n) is 2.57. The SMILES string of the molecule is Cc1cccc2scc(CN3CCNCC3)c12. The van der Waals surface area contributed by atoms with E-state index in [0.717, 1.165) is 19.6 Å². The van der Waals surface area contributed by atoms with Gasteiger partial charge in [-0.1, -0.05) is 12.1 Å². The Balaban J connectivity index is 1.89. The van der Waals surface area contributed by atoms with Crippen molar-refractivity contribution in [3.63, 3.8) is 0 Å². The summed E-state index contributed by atoms with van der Waals surface area (Å²) < 4.78 is 1.43. The number of aryl methyl sites for hydroxylation is 1. The summed E-state index contributed by atoms with van der Waals surface area (Å²) in [5.74, 6) is 0. The highest BCUT2D eigenvalue weighted by Crippen LogP contribution is 2.29. The van der Waals surface area contributed by atoms with Crippen molar-refractivity contribution < 1.29 is 0 Å². The summed E-state index contributed by atoms with van der Waals surface area (Å²) in [5, 5.41) is 7.22. The van der Waals surface area contributed by atoms with Gasteiger partial charge in [0, 0.05) is 37.4 Å². The largest absolute Gasteiger partial charge is 0.314 e. The van der Waals surface area contributed by atoms with Crippen LogP contribution in [0, 0.1) is 6.92 Å². The van der Waals surface area contributed by atoms with E-state index >= 15 is 0 Å². The van der Waals surface area contributed by atoms with Gasteiger partial charge >= 0.3 is 0 Å². The second kappa shape index (κ2) is 4.77. The molecule has 90 valence electrons. The lowest BCUT2D eigenvalue weighted by atomic mass is 10.1. The van der Waals surface area contributed by atoms with E-state index in [1.54, 1.807) is 0 Å². The molecular formula is C14H18N2S. The first kappa shape index (κ1) is 11.2. The van der Waals surface area contributed by atoms with Crippen LogP contribution >= 0.6 is 11.3 Å². The van der Waals surface area contributed by atoms with E-state index in [9.17, 15) is 0 Å². The number of nitrogens with one attached hydrogen (secondary N) is 1. The smallest absolute Gasteiger partial charge is 0.0348 e. The van der Waals surface area contributed by atoms with E-state index in [1.807, 2.05) is 11.3 Å². The number of piperazine rings is 1. The Morgan fingerprint density at radius 2 is 2.12 bits per heavy atom. The Kier molecular flexibility index (Phi) is 3.14. The van der Waals surface area contributed by atoms with Gasteiger partial charge < -0.3 is 5.32 Å². The lowest BCUT2D eigenvalue weighted by Crippen LogP contribution is -2.42. The van der Waals surface area contributed by atoms with Crippen molar-refractivity contribution in [2.75, 3.05) is 26.2 Å². The van der Waals surface area contributed by atoms with Gasteiger partial charge in [-0.25, -0.2) is 0 Å². The van der Waals surface area contributed by atoms with Gasteiger partial charge in [-0.2, -0.15) is 0 Å². The zero-order valence-electron chi connectivity index (χ0n) is 10.2. The van der Waals surface area contributed by atoms with Crippen LogP contribution in [0.4, 0.5) is 0 Å². The van der Waals surface area contributed by atoms with Crippen LogP contribution < -0.4 is 5.32 Å². The zero-order valence-corrected chi connectivity index (χ0v) is 11.0. The summed E-state index contributed by atoms with van der Waals surface area (Å²) in [6, 6.07) is 6.60. The van der Waals surface area contributed by atoms with Crippen LogP contribution in [0.25, 0.3) is 10.1 Å². The number of hydrogen-bond donors (Lipinski definition) is 1. The molecule has 3 heteroatoms. The summed E-state index contributed by atoms with van der Waals surface area (Å²) in [6.07, 6.45) is 0. The summed E-state index contributed by atoms with van der Waals surface area (Å²) in [4.78, 5) is 2.55. The minimum atomic E-state index is 1.10. The van der Waals surface area contributed by atoms with Crippen LogP contribution in [0.5, 0.6) is 0 Å². The maximum atomic E-state index is 3.40. The molecule has 2 nitrogen and oxygen atoms in total. The number of fused-ring (bicyclic) bond motifs is 1. The maximum absolute atomic E-state index is 3.40. The fraction of sp³-hybridized carbons (Fsp3) is 0.429. The molecule has 0 amide bonds. The maximum Gasteiger partial charge on any atom is 0.0348 e. The second-order valence-corrected chi connectivity index (χ2v) is 5.65. The molecule has 1 aromatic heterocycles. The highest BCUT2D eigenvalue weighted by atomic mass is 32.1. The molecule has 1 N–H and O–H groups in total. The van der Waals surface area contributed by atoms with Crippen LogP contribution in [0.1, 0.15) is 11.1 Å². The molecule has 0 atom stereocenters. The molecule has 17 heavy (non-hydrogen) atoms. The Morgan fingerprint density at radius 1 is 1.29 bits per heavy atom. The molecule has 0 saturated carbocycles. The lowest BCUT2D eigenvalue weighted by molar-refractivity contribution is 0.234. The van der Waals surface area contributed by atoms with Crippen LogP contribution in [-0.4, -0.2) is 31.1 Å². The van der Waals surface area contributed by atoms with Gasteiger partial charge in [0.2, 0.25) is 0 Å². The second-order valence-electron chi connectivity index (χ2n) is 4.74. The molecule has 1 aromatic carbocycles. The standard InChI is InChI=1S/C14H18N2S/c1-11-3-2-4-13-14(11)12(10-17-13)9-16-7-5-15-6-8-16/h2-4,10,15H,5-9H2,1H3. The summed E-state index contributed by atoms with van der Waals surface area (Å²) in [5.41, 5.74) is 2.92. The average Bonchev–Trinajstić information content (AvgIpc) is 2.75. The minimum absolute atomic E-state index is 1.10. The van der Waals surface area contributed by atoms with Crippen molar-refractivity contribution >= 4 is 21.4 Å². The van der Waals surface area contributed by atoms with Gasteiger partial charge in [0.25, 0.3) is 0 Å². The third-order valence-electron chi connectivity index (χ3n) is 3.49. The van der Waals surface area contributed by atoms with Crippen LogP contribution in [0.2, 0.25) is 0 Å². The Morgan fingerprint density at radius 3 is 2.94 bits per heavy atom. The van der Waals surface area contributed by atoms with Gasteiger partial charge in [-0.15, -0.1) is 11.3 Å². The van der Waals surface area contributed by atoms with E-state index in [-0.39, 0.29) is 0 Å². The number of rotatable bonds is 2. The van der Waals surface area contributed by atoms with Crippen molar-refractivity contribution in [3.05, 3.63) is 34.7 Å². The fourth-order valence-corrected chi connectivity index (χ4v) is 3.60. The van der Waals surface area contributed by atoms with Crippen molar-refractivity contribution in [1.29, 1.82) is 0 Å². The van der Waals surface area contributed by atoms with Crippen LogP contribution in [0.15, 0.2) is 23.6 Å². The highest BCUT2D eigenvalue weighted by molar-refractivity contribution is 7.17. The molecule has 2 heterocycles. The van der Waals surface area contributed by atoms with Gasteiger partial charge in [0.05, 0.1) is 0 Å². The lowest BCUT2D eigenvalue weighted by Gasteiger charge is -2.27. The van der Waals surface area contributed by atoms with E-state index in [0.29, 0.717) is 0 Å². The highest BCUT2D eigenvalue weighted by Gasteiger charge is 2.13. The number of nitrogens with zero attached hydrogens (tertiary/aromatic N) is 1. The Bertz CT molecular complexity index is 512. The first-order valence-corrected chi connectivity index (χ1v) is 7.11. The third-order valence-corrected chi connectivity index (χ3v) is 4.48. The first-order valence-electron chi connectivity index (χ1n) is 6.23.